The molecule has 3 rings (SSSR count). The van der Waals surface area contributed by atoms with Crippen LogP contribution < -0.4 is 10.6 Å². The van der Waals surface area contributed by atoms with Gasteiger partial charge >= 0.3 is 0 Å². The van der Waals surface area contributed by atoms with Gasteiger partial charge in [0.2, 0.25) is 0 Å². The Morgan fingerprint density at radius 2 is 1.46 bits per heavy atom. The van der Waals surface area contributed by atoms with Gasteiger partial charge in [-0.3, -0.25) is 9.59 Å². The van der Waals surface area contributed by atoms with Gasteiger partial charge in [0.15, 0.2) is 0 Å². The summed E-state index contributed by atoms with van der Waals surface area (Å²) >= 11 is 5.92. The first kappa shape index (κ1) is 18.5. The third kappa shape index (κ3) is 5.09. The fraction of sp³-hybridized carbons (Fsp3) is 0.333. The summed E-state index contributed by atoms with van der Waals surface area (Å²) in [5.74, 6) is -0.304. The Labute approximate surface area is 158 Å². The molecule has 136 valence electrons. The number of halogens is 1. The standard InChI is InChI=1S/C21H23ClN2O2/c22-17-6-5-9-19(14-17)24-21(26)16-12-10-15(11-13-16)20(25)23-18-7-3-1-2-4-8-18/h5-6,9-14,18H,1-4,7-8H2,(H,23,25)(H,24,26). The van der Waals surface area contributed by atoms with Crippen LogP contribution in [0.25, 0.3) is 0 Å². The number of hydrogen-bond acceptors (Lipinski definition) is 2. The molecule has 0 atom stereocenters. The van der Waals surface area contributed by atoms with Crippen molar-refractivity contribution in [2.75, 3.05) is 5.32 Å². The quantitative estimate of drug-likeness (QED) is 0.740. The van der Waals surface area contributed by atoms with E-state index in [9.17, 15) is 9.59 Å². The maximum absolute atomic E-state index is 12.4. The normalized spacial score (nSPS) is 15.1. The molecule has 2 aromatic carbocycles. The molecule has 2 amide bonds. The van der Waals surface area contributed by atoms with Gasteiger partial charge in [0.05, 0.1) is 0 Å². The Balaban J connectivity index is 1.60. The highest BCUT2D eigenvalue weighted by Crippen LogP contribution is 2.18. The van der Waals surface area contributed by atoms with Crippen LogP contribution in [0, 0.1) is 0 Å². The molecule has 0 radical (unpaired) electrons. The van der Waals surface area contributed by atoms with E-state index in [2.05, 4.69) is 10.6 Å². The van der Waals surface area contributed by atoms with Crippen LogP contribution >= 0.6 is 11.6 Å². The number of hydrogen-bond donors (Lipinski definition) is 2. The van der Waals surface area contributed by atoms with Crippen LogP contribution in [0.3, 0.4) is 0 Å². The molecule has 2 N–H and O–H groups in total. The molecule has 0 heterocycles. The number of carbonyl (C=O) groups is 2. The fourth-order valence-electron chi connectivity index (χ4n) is 3.23. The van der Waals surface area contributed by atoms with Gasteiger partial charge < -0.3 is 10.6 Å². The second-order valence-electron chi connectivity index (χ2n) is 6.70. The molecule has 0 aliphatic heterocycles. The van der Waals surface area contributed by atoms with Crippen LogP contribution in [-0.2, 0) is 0 Å². The minimum absolute atomic E-state index is 0.0706. The summed E-state index contributed by atoms with van der Waals surface area (Å²) in [6.45, 7) is 0. The van der Waals surface area contributed by atoms with Crippen molar-refractivity contribution < 1.29 is 9.59 Å². The van der Waals surface area contributed by atoms with Gasteiger partial charge in [-0.1, -0.05) is 43.4 Å². The highest BCUT2D eigenvalue weighted by Gasteiger charge is 2.16. The zero-order valence-electron chi connectivity index (χ0n) is 14.6. The van der Waals surface area contributed by atoms with E-state index in [1.165, 1.54) is 25.7 Å². The topological polar surface area (TPSA) is 58.2 Å². The lowest BCUT2D eigenvalue weighted by molar-refractivity contribution is 0.0932. The van der Waals surface area contributed by atoms with Crippen molar-refractivity contribution in [2.24, 2.45) is 0 Å². The summed E-state index contributed by atoms with van der Waals surface area (Å²) in [5, 5.41) is 6.48. The van der Waals surface area contributed by atoms with Crippen molar-refractivity contribution in [3.05, 3.63) is 64.7 Å². The van der Waals surface area contributed by atoms with E-state index < -0.39 is 0 Å². The van der Waals surface area contributed by atoms with Crippen molar-refractivity contribution in [1.82, 2.24) is 5.32 Å². The second-order valence-corrected chi connectivity index (χ2v) is 7.14. The highest BCUT2D eigenvalue weighted by molar-refractivity contribution is 6.31. The first-order valence-corrected chi connectivity index (χ1v) is 9.47. The molecular weight excluding hydrogens is 348 g/mol. The minimum Gasteiger partial charge on any atom is -0.349 e. The zero-order valence-corrected chi connectivity index (χ0v) is 15.4. The van der Waals surface area contributed by atoms with Gasteiger partial charge in [-0.2, -0.15) is 0 Å². The van der Waals surface area contributed by atoms with Gasteiger partial charge in [-0.15, -0.1) is 0 Å². The second kappa shape index (κ2) is 8.86. The Morgan fingerprint density at radius 3 is 2.08 bits per heavy atom. The van der Waals surface area contributed by atoms with Crippen LogP contribution in [0.15, 0.2) is 48.5 Å². The summed E-state index contributed by atoms with van der Waals surface area (Å²) in [7, 11) is 0. The van der Waals surface area contributed by atoms with E-state index in [0.29, 0.717) is 21.8 Å². The summed E-state index contributed by atoms with van der Waals surface area (Å²) in [5.41, 5.74) is 1.71. The summed E-state index contributed by atoms with van der Waals surface area (Å²) in [6, 6.07) is 14.0. The van der Waals surface area contributed by atoms with Crippen LogP contribution in [0.1, 0.15) is 59.2 Å². The van der Waals surface area contributed by atoms with Crippen molar-refractivity contribution in [2.45, 2.75) is 44.6 Å². The fourth-order valence-corrected chi connectivity index (χ4v) is 3.43. The smallest absolute Gasteiger partial charge is 0.255 e. The molecule has 0 unspecified atom stereocenters. The lowest BCUT2D eigenvalue weighted by atomic mass is 10.1. The first-order valence-electron chi connectivity index (χ1n) is 9.10. The molecule has 1 aliphatic carbocycles. The van der Waals surface area contributed by atoms with Crippen molar-refractivity contribution in [3.8, 4) is 0 Å². The molecule has 1 fully saturated rings. The molecule has 26 heavy (non-hydrogen) atoms. The van der Waals surface area contributed by atoms with E-state index in [1.807, 2.05) is 0 Å². The SMILES string of the molecule is O=C(Nc1cccc(Cl)c1)c1ccc(C(=O)NC2CCCCCC2)cc1. The van der Waals surface area contributed by atoms with Gasteiger partial charge in [0.25, 0.3) is 11.8 Å². The summed E-state index contributed by atoms with van der Waals surface area (Å²) in [6.07, 6.45) is 6.95. The Bertz CT molecular complexity index is 766. The molecular formula is C21H23ClN2O2. The Kier molecular flexibility index (Phi) is 6.29. The molecule has 0 bridgehead atoms. The number of anilines is 1. The van der Waals surface area contributed by atoms with Crippen LogP contribution in [0.2, 0.25) is 5.02 Å². The van der Waals surface area contributed by atoms with Crippen molar-refractivity contribution >= 4 is 29.1 Å². The highest BCUT2D eigenvalue weighted by atomic mass is 35.5. The van der Waals surface area contributed by atoms with Crippen LogP contribution in [-0.4, -0.2) is 17.9 Å². The van der Waals surface area contributed by atoms with E-state index in [4.69, 9.17) is 11.6 Å². The van der Waals surface area contributed by atoms with Crippen LogP contribution in [0.4, 0.5) is 5.69 Å². The monoisotopic (exact) mass is 370 g/mol. The molecule has 0 aromatic heterocycles. The molecule has 0 saturated heterocycles. The molecule has 2 aromatic rings. The Hall–Kier alpha value is -2.33. The van der Waals surface area contributed by atoms with Crippen molar-refractivity contribution in [3.63, 3.8) is 0 Å². The molecule has 5 heteroatoms. The first-order chi connectivity index (χ1) is 12.6. The lowest BCUT2D eigenvalue weighted by Gasteiger charge is -2.16. The third-order valence-corrected chi connectivity index (χ3v) is 4.92. The molecule has 0 spiro atoms. The predicted octanol–water partition coefficient (Wildman–Crippen LogP) is 5.04. The molecule has 4 nitrogen and oxygen atoms in total. The number of carbonyl (C=O) groups excluding carboxylic acids is 2. The summed E-state index contributed by atoms with van der Waals surface area (Å²) in [4.78, 5) is 24.7. The maximum atomic E-state index is 12.4. The van der Waals surface area contributed by atoms with Gasteiger partial charge in [0.1, 0.15) is 0 Å². The molecule has 1 aliphatic rings. The van der Waals surface area contributed by atoms with Gasteiger partial charge in [0, 0.05) is 27.9 Å². The lowest BCUT2D eigenvalue weighted by Crippen LogP contribution is -2.34. The maximum Gasteiger partial charge on any atom is 0.255 e. The Morgan fingerprint density at radius 1 is 0.846 bits per heavy atom. The van der Waals surface area contributed by atoms with Crippen molar-refractivity contribution in [1.29, 1.82) is 0 Å². The number of amides is 2. The van der Waals surface area contributed by atoms with Gasteiger partial charge in [-0.05, 0) is 55.3 Å². The summed E-state index contributed by atoms with van der Waals surface area (Å²) < 4.78 is 0. The van der Waals surface area contributed by atoms with E-state index >= 15 is 0 Å². The average molecular weight is 371 g/mol. The van der Waals surface area contributed by atoms with Crippen LogP contribution in [0.5, 0.6) is 0 Å². The number of benzene rings is 2. The van der Waals surface area contributed by atoms with E-state index in [1.54, 1.807) is 48.5 Å². The average Bonchev–Trinajstić information content (AvgIpc) is 2.90. The third-order valence-electron chi connectivity index (χ3n) is 4.68. The molecule has 1 saturated carbocycles. The number of rotatable bonds is 4. The van der Waals surface area contributed by atoms with Gasteiger partial charge in [-0.25, -0.2) is 0 Å². The zero-order chi connectivity index (χ0) is 18.4. The number of nitrogens with one attached hydrogen (secondary N) is 2. The predicted molar refractivity (Wildman–Crippen MR) is 105 cm³/mol. The van der Waals surface area contributed by atoms with E-state index in [0.717, 1.165) is 12.8 Å². The minimum atomic E-state index is -0.233. The van der Waals surface area contributed by atoms with E-state index in [-0.39, 0.29) is 17.9 Å². The largest absolute Gasteiger partial charge is 0.349 e.